The second-order valence-electron chi connectivity index (χ2n) is 6.42. The summed E-state index contributed by atoms with van der Waals surface area (Å²) in [7, 11) is 0. The number of carbonyl (C=O) groups is 2. The molecule has 0 aliphatic carbocycles. The van der Waals surface area contributed by atoms with E-state index in [4.69, 9.17) is 0 Å². The minimum absolute atomic E-state index is 0.0348. The van der Waals surface area contributed by atoms with Gasteiger partial charge in [0.1, 0.15) is 0 Å². The van der Waals surface area contributed by atoms with Crippen molar-refractivity contribution in [3.63, 3.8) is 0 Å². The third-order valence-corrected chi connectivity index (χ3v) is 4.99. The number of anilines is 1. The molecular weight excluding hydrogens is 344 g/mol. The largest absolute Gasteiger partial charge is 0.353 e. The molecule has 0 fully saturated rings. The summed E-state index contributed by atoms with van der Waals surface area (Å²) in [5.41, 5.74) is 3.61. The highest BCUT2D eigenvalue weighted by Crippen LogP contribution is 2.26. The van der Waals surface area contributed by atoms with Crippen LogP contribution < -0.4 is 10.6 Å². The van der Waals surface area contributed by atoms with Crippen LogP contribution in [0.4, 0.5) is 5.69 Å². The maximum Gasteiger partial charge on any atom is 0.256 e. The molecule has 4 nitrogen and oxygen atoms in total. The minimum Gasteiger partial charge on any atom is -0.353 e. The van der Waals surface area contributed by atoms with Crippen LogP contribution in [0.3, 0.4) is 0 Å². The molecule has 0 bridgehead atoms. The van der Waals surface area contributed by atoms with Gasteiger partial charge in [0.05, 0.1) is 11.3 Å². The third-order valence-electron chi connectivity index (χ3n) is 3.92. The Morgan fingerprint density at radius 2 is 1.81 bits per heavy atom. The fraction of sp³-hybridized carbons (Fsp3) is 0.333. The number of amides is 2. The Hall–Kier alpha value is -2.27. The molecule has 0 atom stereocenters. The molecule has 0 saturated heterocycles. The van der Waals surface area contributed by atoms with Crippen molar-refractivity contribution in [2.24, 2.45) is 0 Å². The van der Waals surface area contributed by atoms with Crippen LogP contribution in [0.5, 0.6) is 0 Å². The van der Waals surface area contributed by atoms with E-state index in [1.54, 1.807) is 6.07 Å². The summed E-state index contributed by atoms with van der Waals surface area (Å²) in [6.45, 7) is 7.92. The van der Waals surface area contributed by atoms with Crippen molar-refractivity contribution in [3.05, 3.63) is 59.2 Å². The number of nitrogens with one attached hydrogen (secondary N) is 2. The predicted molar refractivity (Wildman–Crippen MR) is 109 cm³/mol. The van der Waals surface area contributed by atoms with E-state index in [1.807, 2.05) is 57.2 Å². The maximum atomic E-state index is 12.9. The first-order valence-electron chi connectivity index (χ1n) is 8.83. The standard InChI is InChI=1S/C21H26N2O2S/c1-5-16-10-8-9-15(4)20(16)23-21(25)17-11-6-7-12-18(17)26-13-19(24)22-14(2)3/h6-12,14H,5,13H2,1-4H3,(H,22,24)(H,23,25). The number of thioether (sulfide) groups is 1. The van der Waals surface area contributed by atoms with E-state index >= 15 is 0 Å². The summed E-state index contributed by atoms with van der Waals surface area (Å²) >= 11 is 1.38. The van der Waals surface area contributed by atoms with Crippen molar-refractivity contribution in [1.29, 1.82) is 0 Å². The van der Waals surface area contributed by atoms with Gasteiger partial charge < -0.3 is 10.6 Å². The van der Waals surface area contributed by atoms with Crippen LogP contribution in [0, 0.1) is 6.92 Å². The Labute approximate surface area is 159 Å². The average molecular weight is 371 g/mol. The first kappa shape index (κ1) is 20.0. The molecule has 2 amide bonds. The number of hydrogen-bond donors (Lipinski definition) is 2. The zero-order valence-electron chi connectivity index (χ0n) is 15.8. The highest BCUT2D eigenvalue weighted by molar-refractivity contribution is 8.00. The van der Waals surface area contributed by atoms with Gasteiger partial charge >= 0.3 is 0 Å². The van der Waals surface area contributed by atoms with Crippen LogP contribution in [0.2, 0.25) is 0 Å². The summed E-state index contributed by atoms with van der Waals surface area (Å²) in [5.74, 6) is 0.0984. The van der Waals surface area contributed by atoms with Gasteiger partial charge in [-0.3, -0.25) is 9.59 Å². The van der Waals surface area contributed by atoms with Crippen LogP contribution >= 0.6 is 11.8 Å². The van der Waals surface area contributed by atoms with Gasteiger partial charge in [0, 0.05) is 16.6 Å². The van der Waals surface area contributed by atoms with Gasteiger partial charge in [-0.15, -0.1) is 11.8 Å². The van der Waals surface area contributed by atoms with Crippen molar-refractivity contribution >= 4 is 29.3 Å². The topological polar surface area (TPSA) is 58.2 Å². The second kappa shape index (κ2) is 9.43. The number of carbonyl (C=O) groups excluding carboxylic acids is 2. The molecule has 0 heterocycles. The molecule has 0 aliphatic heterocycles. The zero-order valence-corrected chi connectivity index (χ0v) is 16.6. The molecule has 2 aromatic carbocycles. The van der Waals surface area contributed by atoms with E-state index in [2.05, 4.69) is 17.6 Å². The molecule has 138 valence electrons. The van der Waals surface area contributed by atoms with Crippen molar-refractivity contribution < 1.29 is 9.59 Å². The lowest BCUT2D eigenvalue weighted by molar-refractivity contribution is -0.119. The van der Waals surface area contributed by atoms with Crippen LogP contribution in [0.1, 0.15) is 42.3 Å². The SMILES string of the molecule is CCc1cccc(C)c1NC(=O)c1ccccc1SCC(=O)NC(C)C. The van der Waals surface area contributed by atoms with Gasteiger partial charge in [0.25, 0.3) is 5.91 Å². The first-order valence-corrected chi connectivity index (χ1v) is 9.82. The molecule has 0 radical (unpaired) electrons. The normalized spacial score (nSPS) is 10.7. The number of para-hydroxylation sites is 1. The summed E-state index contributed by atoms with van der Waals surface area (Å²) in [6.07, 6.45) is 0.850. The van der Waals surface area contributed by atoms with Gasteiger partial charge in [-0.25, -0.2) is 0 Å². The summed E-state index contributed by atoms with van der Waals surface area (Å²) in [4.78, 5) is 25.5. The molecule has 2 aromatic rings. The summed E-state index contributed by atoms with van der Waals surface area (Å²) in [5, 5.41) is 5.92. The van der Waals surface area contributed by atoms with Gasteiger partial charge in [0.2, 0.25) is 5.91 Å². The maximum absolute atomic E-state index is 12.9. The fourth-order valence-electron chi connectivity index (χ4n) is 2.67. The molecule has 0 unspecified atom stereocenters. The average Bonchev–Trinajstić information content (AvgIpc) is 2.61. The zero-order chi connectivity index (χ0) is 19.1. The second-order valence-corrected chi connectivity index (χ2v) is 7.44. The lowest BCUT2D eigenvalue weighted by Crippen LogP contribution is -2.31. The Morgan fingerprint density at radius 3 is 2.50 bits per heavy atom. The molecule has 2 N–H and O–H groups in total. The molecule has 0 aromatic heterocycles. The highest BCUT2D eigenvalue weighted by Gasteiger charge is 2.15. The molecule has 26 heavy (non-hydrogen) atoms. The molecule has 0 spiro atoms. The fourth-order valence-corrected chi connectivity index (χ4v) is 3.53. The quantitative estimate of drug-likeness (QED) is 0.709. The van der Waals surface area contributed by atoms with Crippen molar-refractivity contribution in [2.75, 3.05) is 11.1 Å². The Kier molecular flexibility index (Phi) is 7.27. The molecule has 0 saturated carbocycles. The minimum atomic E-state index is -0.152. The predicted octanol–water partition coefficient (Wildman–Crippen LogP) is 4.43. The Balaban J connectivity index is 2.16. The summed E-state index contributed by atoms with van der Waals surface area (Å²) < 4.78 is 0. The van der Waals surface area contributed by atoms with E-state index < -0.39 is 0 Å². The van der Waals surface area contributed by atoms with Crippen LogP contribution in [0.15, 0.2) is 47.4 Å². The molecule has 0 aliphatic rings. The highest BCUT2D eigenvalue weighted by atomic mass is 32.2. The van der Waals surface area contributed by atoms with Crippen molar-refractivity contribution in [1.82, 2.24) is 5.32 Å². The molecule has 2 rings (SSSR count). The monoisotopic (exact) mass is 370 g/mol. The number of rotatable bonds is 7. The lowest BCUT2D eigenvalue weighted by atomic mass is 10.1. The third kappa shape index (κ3) is 5.36. The number of hydrogen-bond acceptors (Lipinski definition) is 3. The first-order chi connectivity index (χ1) is 12.4. The number of aryl methyl sites for hydroxylation is 2. The summed E-state index contributed by atoms with van der Waals surface area (Å²) in [6, 6.07) is 13.5. The van der Waals surface area contributed by atoms with Crippen molar-refractivity contribution in [2.45, 2.75) is 45.1 Å². The molecular formula is C21H26N2O2S. The number of benzene rings is 2. The van der Waals surface area contributed by atoms with E-state index in [1.165, 1.54) is 11.8 Å². The van der Waals surface area contributed by atoms with Gasteiger partial charge in [-0.2, -0.15) is 0 Å². The van der Waals surface area contributed by atoms with E-state index in [0.717, 1.165) is 28.1 Å². The van der Waals surface area contributed by atoms with Gasteiger partial charge in [0.15, 0.2) is 0 Å². The smallest absolute Gasteiger partial charge is 0.256 e. The van der Waals surface area contributed by atoms with Crippen LogP contribution in [0.25, 0.3) is 0 Å². The van der Waals surface area contributed by atoms with Gasteiger partial charge in [-0.05, 0) is 50.5 Å². The van der Waals surface area contributed by atoms with E-state index in [9.17, 15) is 9.59 Å². The Morgan fingerprint density at radius 1 is 1.08 bits per heavy atom. The van der Waals surface area contributed by atoms with Crippen molar-refractivity contribution in [3.8, 4) is 0 Å². The molecule has 5 heteroatoms. The lowest BCUT2D eigenvalue weighted by Gasteiger charge is -2.15. The van der Waals surface area contributed by atoms with Gasteiger partial charge in [-0.1, -0.05) is 37.3 Å². The van der Waals surface area contributed by atoms with Crippen LogP contribution in [-0.4, -0.2) is 23.6 Å². The Bertz CT molecular complexity index is 787. The van der Waals surface area contributed by atoms with E-state index in [-0.39, 0.29) is 23.6 Å². The van der Waals surface area contributed by atoms with Crippen LogP contribution in [-0.2, 0) is 11.2 Å². The van der Waals surface area contributed by atoms with E-state index in [0.29, 0.717) is 5.56 Å².